The van der Waals surface area contributed by atoms with E-state index in [0.717, 1.165) is 29.8 Å². The van der Waals surface area contributed by atoms with Crippen LogP contribution in [0.1, 0.15) is 24.1 Å². The molecule has 2 aromatic carbocycles. The van der Waals surface area contributed by atoms with E-state index in [-0.39, 0.29) is 11.6 Å². The first-order valence-electron chi connectivity index (χ1n) is 8.64. The molecule has 1 heterocycles. The number of nitrogens with one attached hydrogen (secondary N) is 1. The van der Waals surface area contributed by atoms with Gasteiger partial charge in [0.2, 0.25) is 11.8 Å². The highest BCUT2D eigenvalue weighted by Gasteiger charge is 2.10. The van der Waals surface area contributed by atoms with E-state index in [2.05, 4.69) is 10.3 Å². The molecule has 0 aliphatic rings. The van der Waals surface area contributed by atoms with Crippen molar-refractivity contribution in [2.75, 3.05) is 0 Å². The summed E-state index contributed by atoms with van der Waals surface area (Å²) in [4.78, 5) is 16.2. The number of ether oxygens (including phenoxy) is 1. The summed E-state index contributed by atoms with van der Waals surface area (Å²) < 4.78 is 32.9. The van der Waals surface area contributed by atoms with Crippen molar-refractivity contribution < 1.29 is 18.3 Å². The van der Waals surface area contributed by atoms with Crippen molar-refractivity contribution >= 4 is 12.0 Å². The maximum absolute atomic E-state index is 13.6. The van der Waals surface area contributed by atoms with E-state index in [4.69, 9.17) is 4.74 Å². The number of hydrogen-bond acceptors (Lipinski definition) is 3. The molecule has 142 valence electrons. The predicted molar refractivity (Wildman–Crippen MR) is 103 cm³/mol. The molecule has 28 heavy (non-hydrogen) atoms. The van der Waals surface area contributed by atoms with Crippen LogP contribution in [0, 0.1) is 11.6 Å². The minimum absolute atomic E-state index is 0.254. The van der Waals surface area contributed by atoms with Crippen molar-refractivity contribution in [1.29, 1.82) is 0 Å². The van der Waals surface area contributed by atoms with Crippen LogP contribution in [0.4, 0.5) is 8.78 Å². The highest BCUT2D eigenvalue weighted by atomic mass is 19.1. The monoisotopic (exact) mass is 380 g/mol. The van der Waals surface area contributed by atoms with E-state index in [0.29, 0.717) is 11.6 Å². The topological polar surface area (TPSA) is 51.2 Å². The van der Waals surface area contributed by atoms with Crippen molar-refractivity contribution in [2.45, 2.75) is 13.0 Å². The van der Waals surface area contributed by atoms with Gasteiger partial charge in [0.1, 0.15) is 17.4 Å². The van der Waals surface area contributed by atoms with Gasteiger partial charge in [-0.05, 0) is 48.9 Å². The first-order chi connectivity index (χ1) is 13.5. The van der Waals surface area contributed by atoms with Gasteiger partial charge >= 0.3 is 0 Å². The fraction of sp³-hybridized carbons (Fsp3) is 0.0909. The van der Waals surface area contributed by atoms with Gasteiger partial charge in [-0.15, -0.1) is 0 Å². The lowest BCUT2D eigenvalue weighted by Crippen LogP contribution is -2.24. The fourth-order valence-corrected chi connectivity index (χ4v) is 2.55. The van der Waals surface area contributed by atoms with Gasteiger partial charge in [-0.2, -0.15) is 0 Å². The molecule has 3 aromatic rings. The number of benzene rings is 2. The lowest BCUT2D eigenvalue weighted by Gasteiger charge is -2.14. The number of hydrogen-bond donors (Lipinski definition) is 1. The molecular weight excluding hydrogens is 362 g/mol. The van der Waals surface area contributed by atoms with E-state index in [1.807, 2.05) is 12.1 Å². The van der Waals surface area contributed by atoms with Crippen LogP contribution in [0.15, 0.2) is 72.9 Å². The summed E-state index contributed by atoms with van der Waals surface area (Å²) in [6.07, 6.45) is 3.85. The SMILES string of the molecule is C[C@H](NC(=O)/C=C/c1c(F)cccc1F)c1cccc(Oc2ccccn2)c1. The molecule has 0 saturated carbocycles. The highest BCUT2D eigenvalue weighted by Crippen LogP contribution is 2.23. The Morgan fingerprint density at radius 1 is 1.07 bits per heavy atom. The second-order valence-corrected chi connectivity index (χ2v) is 6.04. The van der Waals surface area contributed by atoms with Gasteiger partial charge in [-0.3, -0.25) is 4.79 Å². The number of carbonyl (C=O) groups excluding carboxylic acids is 1. The average molecular weight is 380 g/mol. The zero-order valence-corrected chi connectivity index (χ0v) is 15.1. The normalized spacial score (nSPS) is 12.0. The van der Waals surface area contributed by atoms with Gasteiger partial charge < -0.3 is 10.1 Å². The van der Waals surface area contributed by atoms with Crippen molar-refractivity contribution in [1.82, 2.24) is 10.3 Å². The molecule has 6 heteroatoms. The number of carbonyl (C=O) groups is 1. The van der Waals surface area contributed by atoms with Gasteiger partial charge in [0, 0.05) is 23.9 Å². The van der Waals surface area contributed by atoms with Crippen LogP contribution in [-0.2, 0) is 4.79 Å². The molecular formula is C22H18F2N2O2. The van der Waals surface area contributed by atoms with E-state index >= 15 is 0 Å². The maximum atomic E-state index is 13.6. The van der Waals surface area contributed by atoms with Crippen molar-refractivity contribution in [3.05, 3.63) is 95.7 Å². The zero-order valence-electron chi connectivity index (χ0n) is 15.1. The van der Waals surface area contributed by atoms with Crippen molar-refractivity contribution in [3.63, 3.8) is 0 Å². The Labute approximate surface area is 161 Å². The van der Waals surface area contributed by atoms with E-state index in [9.17, 15) is 13.6 Å². The Balaban J connectivity index is 1.65. The van der Waals surface area contributed by atoms with Gasteiger partial charge in [-0.25, -0.2) is 13.8 Å². The highest BCUT2D eigenvalue weighted by molar-refractivity contribution is 5.92. The van der Waals surface area contributed by atoms with Crippen LogP contribution < -0.4 is 10.1 Å². The van der Waals surface area contributed by atoms with Gasteiger partial charge in [0.25, 0.3) is 0 Å². The largest absolute Gasteiger partial charge is 0.439 e. The molecule has 3 rings (SSSR count). The minimum atomic E-state index is -0.725. The van der Waals surface area contributed by atoms with Crippen LogP contribution in [0.5, 0.6) is 11.6 Å². The summed E-state index contributed by atoms with van der Waals surface area (Å²) in [5.41, 5.74) is 0.559. The van der Waals surface area contributed by atoms with Crippen LogP contribution in [-0.4, -0.2) is 10.9 Å². The van der Waals surface area contributed by atoms with Crippen LogP contribution in [0.25, 0.3) is 6.08 Å². The third-order valence-corrected chi connectivity index (χ3v) is 3.98. The Hall–Kier alpha value is -3.54. The molecule has 0 saturated heterocycles. The minimum Gasteiger partial charge on any atom is -0.439 e. The Morgan fingerprint density at radius 2 is 1.82 bits per heavy atom. The molecule has 0 aliphatic carbocycles. The summed E-state index contributed by atoms with van der Waals surface area (Å²) >= 11 is 0. The summed E-state index contributed by atoms with van der Waals surface area (Å²) in [6, 6.07) is 15.8. The molecule has 0 unspecified atom stereocenters. The first-order valence-corrected chi connectivity index (χ1v) is 8.64. The molecule has 1 atom stereocenters. The number of aromatic nitrogens is 1. The molecule has 0 radical (unpaired) electrons. The standard InChI is InChI=1S/C22H18F2N2O2/c1-15(26-21(27)12-11-18-19(23)8-5-9-20(18)24)16-6-4-7-17(14-16)28-22-10-2-3-13-25-22/h2-15H,1H3,(H,26,27)/b12-11+/t15-/m0/s1. The van der Waals surface area contributed by atoms with Gasteiger partial charge in [-0.1, -0.05) is 24.3 Å². The first kappa shape index (κ1) is 19.2. The number of pyridine rings is 1. The summed E-state index contributed by atoms with van der Waals surface area (Å²) in [7, 11) is 0. The van der Waals surface area contributed by atoms with Crippen LogP contribution in [0.2, 0.25) is 0 Å². The number of rotatable bonds is 6. The third-order valence-electron chi connectivity index (χ3n) is 3.98. The predicted octanol–water partition coefficient (Wildman–Crippen LogP) is 5.04. The van der Waals surface area contributed by atoms with Crippen molar-refractivity contribution in [3.8, 4) is 11.6 Å². The lowest BCUT2D eigenvalue weighted by atomic mass is 10.1. The van der Waals surface area contributed by atoms with Gasteiger partial charge in [0.15, 0.2) is 0 Å². The maximum Gasteiger partial charge on any atom is 0.244 e. The molecule has 4 nitrogen and oxygen atoms in total. The summed E-state index contributed by atoms with van der Waals surface area (Å²) in [5.74, 6) is -0.869. The Bertz CT molecular complexity index is 971. The van der Waals surface area contributed by atoms with Gasteiger partial charge in [0.05, 0.1) is 6.04 Å². The fourth-order valence-electron chi connectivity index (χ4n) is 2.55. The Kier molecular flexibility index (Phi) is 6.11. The quantitative estimate of drug-likeness (QED) is 0.610. The third kappa shape index (κ3) is 5.01. The van der Waals surface area contributed by atoms with Crippen molar-refractivity contribution in [2.24, 2.45) is 0 Å². The molecule has 0 aliphatic heterocycles. The molecule has 1 aromatic heterocycles. The number of halogens is 2. The molecule has 1 N–H and O–H groups in total. The zero-order chi connectivity index (χ0) is 19.9. The smallest absolute Gasteiger partial charge is 0.244 e. The summed E-state index contributed by atoms with van der Waals surface area (Å²) in [6.45, 7) is 1.80. The molecule has 0 bridgehead atoms. The van der Waals surface area contributed by atoms with Crippen LogP contribution >= 0.6 is 0 Å². The molecule has 0 spiro atoms. The average Bonchev–Trinajstić information content (AvgIpc) is 2.68. The van der Waals surface area contributed by atoms with E-state index < -0.39 is 17.5 Å². The second-order valence-electron chi connectivity index (χ2n) is 6.04. The molecule has 1 amide bonds. The molecule has 0 fully saturated rings. The summed E-state index contributed by atoms with van der Waals surface area (Å²) in [5, 5.41) is 2.75. The second kappa shape index (κ2) is 8.90. The van der Waals surface area contributed by atoms with E-state index in [1.54, 1.807) is 43.5 Å². The van der Waals surface area contributed by atoms with Crippen LogP contribution in [0.3, 0.4) is 0 Å². The number of amides is 1. The number of nitrogens with zero attached hydrogens (tertiary/aromatic N) is 1. The van der Waals surface area contributed by atoms with E-state index in [1.165, 1.54) is 6.07 Å². The lowest BCUT2D eigenvalue weighted by molar-refractivity contribution is -0.117. The Morgan fingerprint density at radius 3 is 2.54 bits per heavy atom.